The highest BCUT2D eigenvalue weighted by molar-refractivity contribution is 6.36. The normalized spacial score (nSPS) is 26.2. The van der Waals surface area contributed by atoms with E-state index in [1.807, 2.05) is 25.2 Å². The van der Waals surface area contributed by atoms with Crippen molar-refractivity contribution in [3.8, 4) is 0 Å². The van der Waals surface area contributed by atoms with Crippen molar-refractivity contribution in [2.24, 2.45) is 5.92 Å². The van der Waals surface area contributed by atoms with Crippen LogP contribution in [0.25, 0.3) is 0 Å². The molecule has 2 unspecified atom stereocenters. The maximum Gasteiger partial charge on any atom is 0.0686 e. The highest BCUT2D eigenvalue weighted by Gasteiger charge is 2.44. The Morgan fingerprint density at radius 1 is 1.30 bits per heavy atom. The Kier molecular flexibility index (Phi) is 4.28. The van der Waals surface area contributed by atoms with Crippen molar-refractivity contribution in [3.05, 3.63) is 33.8 Å². The van der Waals surface area contributed by atoms with E-state index in [-0.39, 0.29) is 11.6 Å². The Hall–Kier alpha value is -0.280. The van der Waals surface area contributed by atoms with Crippen LogP contribution in [-0.4, -0.2) is 19.3 Å². The molecule has 20 heavy (non-hydrogen) atoms. The molecule has 1 N–H and O–H groups in total. The molecule has 2 aliphatic rings. The molecule has 0 amide bonds. The average Bonchev–Trinajstić information content (AvgIpc) is 2.41. The third-order valence-electron chi connectivity index (χ3n) is 4.89. The molecule has 0 bridgehead atoms. The largest absolute Gasteiger partial charge is 0.375 e. The molecule has 1 aromatic carbocycles. The number of hydrogen-bond acceptors (Lipinski definition) is 2. The maximum absolute atomic E-state index is 6.39. The van der Waals surface area contributed by atoms with Crippen molar-refractivity contribution in [2.75, 3.05) is 13.7 Å². The van der Waals surface area contributed by atoms with Gasteiger partial charge < -0.3 is 10.1 Å². The average molecular weight is 314 g/mol. The zero-order chi connectivity index (χ0) is 14.2. The Labute approximate surface area is 130 Å². The molecule has 2 fully saturated rings. The Bertz CT molecular complexity index is 467. The van der Waals surface area contributed by atoms with Gasteiger partial charge in [-0.1, -0.05) is 29.3 Å². The summed E-state index contributed by atoms with van der Waals surface area (Å²) in [4.78, 5) is 0. The van der Waals surface area contributed by atoms with E-state index in [4.69, 9.17) is 27.9 Å². The molecule has 1 aliphatic heterocycles. The minimum Gasteiger partial charge on any atom is -0.375 e. The lowest BCUT2D eigenvalue weighted by atomic mass is 9.69. The van der Waals surface area contributed by atoms with Crippen LogP contribution in [-0.2, 0) is 4.74 Å². The van der Waals surface area contributed by atoms with Crippen molar-refractivity contribution in [3.63, 3.8) is 0 Å². The second-order valence-corrected chi connectivity index (χ2v) is 6.85. The van der Waals surface area contributed by atoms with Crippen LogP contribution in [0.4, 0.5) is 0 Å². The smallest absolute Gasteiger partial charge is 0.0686 e. The van der Waals surface area contributed by atoms with Gasteiger partial charge in [-0.15, -0.1) is 0 Å². The van der Waals surface area contributed by atoms with Crippen molar-refractivity contribution in [1.82, 2.24) is 5.32 Å². The molecular formula is C16H21Cl2NO. The van der Waals surface area contributed by atoms with Crippen molar-refractivity contribution < 1.29 is 4.74 Å². The highest BCUT2D eigenvalue weighted by Crippen LogP contribution is 2.48. The van der Waals surface area contributed by atoms with Crippen LogP contribution in [0.15, 0.2) is 18.2 Å². The van der Waals surface area contributed by atoms with E-state index < -0.39 is 0 Å². The molecule has 0 radical (unpaired) electrons. The van der Waals surface area contributed by atoms with Crippen LogP contribution in [0, 0.1) is 5.92 Å². The van der Waals surface area contributed by atoms with E-state index >= 15 is 0 Å². The number of halogens is 2. The molecule has 3 rings (SSSR count). The van der Waals surface area contributed by atoms with Crippen molar-refractivity contribution in [2.45, 2.75) is 43.7 Å². The minimum absolute atomic E-state index is 0.145. The summed E-state index contributed by atoms with van der Waals surface area (Å²) in [6.45, 7) is 0.852. The lowest BCUT2D eigenvalue weighted by Gasteiger charge is -2.49. The molecular weight excluding hydrogens is 293 g/mol. The Morgan fingerprint density at radius 2 is 2.00 bits per heavy atom. The van der Waals surface area contributed by atoms with Crippen molar-refractivity contribution >= 4 is 23.2 Å². The van der Waals surface area contributed by atoms with Crippen LogP contribution < -0.4 is 5.32 Å². The summed E-state index contributed by atoms with van der Waals surface area (Å²) in [6, 6.07) is 5.95. The number of nitrogens with one attached hydrogen (secondary N) is 1. The molecule has 110 valence electrons. The van der Waals surface area contributed by atoms with E-state index in [0.717, 1.165) is 35.1 Å². The summed E-state index contributed by atoms with van der Waals surface area (Å²) < 4.78 is 6.03. The molecule has 1 spiro atoms. The highest BCUT2D eigenvalue weighted by atomic mass is 35.5. The third-order valence-corrected chi connectivity index (χ3v) is 5.55. The van der Waals surface area contributed by atoms with Gasteiger partial charge in [-0.3, -0.25) is 0 Å². The number of benzene rings is 1. The summed E-state index contributed by atoms with van der Waals surface area (Å²) in [6.07, 6.45) is 5.88. The van der Waals surface area contributed by atoms with Gasteiger partial charge in [-0.2, -0.15) is 0 Å². The van der Waals surface area contributed by atoms with Crippen LogP contribution in [0.3, 0.4) is 0 Å². The lowest BCUT2D eigenvalue weighted by Crippen LogP contribution is -2.47. The summed E-state index contributed by atoms with van der Waals surface area (Å²) in [5.41, 5.74) is 1.19. The predicted molar refractivity (Wildman–Crippen MR) is 83.5 cm³/mol. The second-order valence-electron chi connectivity index (χ2n) is 6.04. The Balaban J connectivity index is 1.86. The second kappa shape index (κ2) is 5.84. The minimum atomic E-state index is 0.145. The SMILES string of the molecule is CNC(c1c(Cl)cccc1Cl)C1CCOC2(CCC2)C1. The zero-order valence-corrected chi connectivity index (χ0v) is 13.3. The molecule has 1 saturated carbocycles. The van der Waals surface area contributed by atoms with Gasteiger partial charge in [0.1, 0.15) is 0 Å². The summed E-state index contributed by atoms with van der Waals surface area (Å²) in [5.74, 6) is 0.534. The molecule has 1 saturated heterocycles. The fraction of sp³-hybridized carbons (Fsp3) is 0.625. The third kappa shape index (κ3) is 2.59. The van der Waals surface area contributed by atoms with E-state index in [2.05, 4.69) is 5.32 Å². The number of hydrogen-bond donors (Lipinski definition) is 1. The fourth-order valence-electron chi connectivity index (χ4n) is 3.69. The molecule has 1 heterocycles. The first-order valence-corrected chi connectivity index (χ1v) is 8.16. The maximum atomic E-state index is 6.39. The van der Waals surface area contributed by atoms with Gasteiger partial charge >= 0.3 is 0 Å². The quantitative estimate of drug-likeness (QED) is 0.880. The Morgan fingerprint density at radius 3 is 2.55 bits per heavy atom. The van der Waals surface area contributed by atoms with Crippen LogP contribution in [0.2, 0.25) is 10.0 Å². The monoisotopic (exact) mass is 313 g/mol. The first-order chi connectivity index (χ1) is 9.65. The molecule has 0 aromatic heterocycles. The first kappa shape index (κ1) is 14.6. The fourth-order valence-corrected chi connectivity index (χ4v) is 4.33. The topological polar surface area (TPSA) is 21.3 Å². The lowest BCUT2D eigenvalue weighted by molar-refractivity contribution is -0.147. The van der Waals surface area contributed by atoms with Gasteiger partial charge in [-0.05, 0) is 57.2 Å². The van der Waals surface area contributed by atoms with E-state index in [1.54, 1.807) is 0 Å². The summed E-state index contributed by atoms with van der Waals surface area (Å²) in [7, 11) is 1.99. The molecule has 2 atom stereocenters. The molecule has 1 aliphatic carbocycles. The van der Waals surface area contributed by atoms with E-state index in [9.17, 15) is 0 Å². The molecule has 4 heteroatoms. The van der Waals surface area contributed by atoms with E-state index in [1.165, 1.54) is 19.3 Å². The van der Waals surface area contributed by atoms with E-state index in [0.29, 0.717) is 5.92 Å². The molecule has 2 nitrogen and oxygen atoms in total. The summed E-state index contributed by atoms with van der Waals surface area (Å²) >= 11 is 12.8. The first-order valence-electron chi connectivity index (χ1n) is 7.40. The summed E-state index contributed by atoms with van der Waals surface area (Å²) in [5, 5.41) is 4.94. The standard InChI is InChI=1S/C16H21Cl2NO/c1-19-15(14-12(17)4-2-5-13(14)18)11-6-9-20-16(10-11)7-3-8-16/h2,4-5,11,15,19H,3,6-10H2,1H3. The van der Waals surface area contributed by atoms with Gasteiger partial charge in [0, 0.05) is 28.3 Å². The molecule has 1 aromatic rings. The van der Waals surface area contributed by atoms with Crippen LogP contribution >= 0.6 is 23.2 Å². The van der Waals surface area contributed by atoms with Gasteiger partial charge in [0.2, 0.25) is 0 Å². The van der Waals surface area contributed by atoms with Crippen LogP contribution in [0.5, 0.6) is 0 Å². The number of ether oxygens (including phenoxy) is 1. The van der Waals surface area contributed by atoms with Gasteiger partial charge in [0.25, 0.3) is 0 Å². The zero-order valence-electron chi connectivity index (χ0n) is 11.8. The van der Waals surface area contributed by atoms with Crippen LogP contribution in [0.1, 0.15) is 43.7 Å². The number of rotatable bonds is 3. The van der Waals surface area contributed by atoms with Gasteiger partial charge in [0.15, 0.2) is 0 Å². The van der Waals surface area contributed by atoms with Crippen molar-refractivity contribution in [1.29, 1.82) is 0 Å². The van der Waals surface area contributed by atoms with Gasteiger partial charge in [-0.25, -0.2) is 0 Å². The predicted octanol–water partition coefficient (Wildman–Crippen LogP) is 4.60. The van der Waals surface area contributed by atoms with Gasteiger partial charge in [0.05, 0.1) is 5.60 Å².